The number of halogens is 6. The average molecular weight is 590 g/mol. The van der Waals surface area contributed by atoms with Crippen molar-refractivity contribution >= 4 is 11.5 Å². The summed E-state index contributed by atoms with van der Waals surface area (Å²) in [5.74, 6) is 1.39. The van der Waals surface area contributed by atoms with Crippen LogP contribution in [0, 0.1) is 17.2 Å². The van der Waals surface area contributed by atoms with E-state index in [1.54, 1.807) is 24.5 Å². The molecule has 3 aromatic rings. The van der Waals surface area contributed by atoms with Crippen LogP contribution in [-0.4, -0.2) is 42.3 Å². The Morgan fingerprint density at radius 1 is 0.833 bits per heavy atom. The molecule has 2 aliphatic rings. The SMILES string of the molecule is N#Cc1ccc(CC2CCC(Oc3cncc(N4CCN(c5ccc(C(F)(F)F)cn5)CC4)c3)CC2)cc1C(F)(F)F. The van der Waals surface area contributed by atoms with Crippen molar-refractivity contribution in [1.82, 2.24) is 9.97 Å². The predicted octanol–water partition coefficient (Wildman–Crippen LogP) is 6.89. The first kappa shape index (κ1) is 29.5. The quantitative estimate of drug-likeness (QED) is 0.292. The fraction of sp³-hybridized carbons (Fsp3) is 0.433. The number of aromatic nitrogens is 2. The summed E-state index contributed by atoms with van der Waals surface area (Å²) >= 11 is 0. The summed E-state index contributed by atoms with van der Waals surface area (Å²) in [6.45, 7) is 2.48. The molecule has 0 amide bonds. The van der Waals surface area contributed by atoms with Crippen LogP contribution in [-0.2, 0) is 18.8 Å². The highest BCUT2D eigenvalue weighted by Crippen LogP contribution is 2.35. The van der Waals surface area contributed by atoms with Crippen LogP contribution in [0.15, 0.2) is 55.0 Å². The molecule has 1 aromatic carbocycles. The molecule has 2 aromatic heterocycles. The number of anilines is 2. The van der Waals surface area contributed by atoms with Crippen molar-refractivity contribution in [2.45, 2.75) is 50.6 Å². The van der Waals surface area contributed by atoms with E-state index in [9.17, 15) is 26.3 Å². The van der Waals surface area contributed by atoms with E-state index in [0.29, 0.717) is 49.7 Å². The highest BCUT2D eigenvalue weighted by molar-refractivity contribution is 5.51. The zero-order chi connectivity index (χ0) is 29.9. The first-order valence-electron chi connectivity index (χ1n) is 13.7. The second-order valence-corrected chi connectivity index (χ2v) is 10.7. The van der Waals surface area contributed by atoms with Gasteiger partial charge in [0.1, 0.15) is 11.6 Å². The van der Waals surface area contributed by atoms with E-state index < -0.39 is 23.5 Å². The van der Waals surface area contributed by atoms with Crippen molar-refractivity contribution in [2.75, 3.05) is 36.0 Å². The molecule has 1 saturated carbocycles. The maximum atomic E-state index is 13.3. The van der Waals surface area contributed by atoms with Gasteiger partial charge in [0, 0.05) is 38.4 Å². The molecule has 0 spiro atoms. The summed E-state index contributed by atoms with van der Waals surface area (Å²) in [7, 11) is 0. The van der Waals surface area contributed by atoms with Gasteiger partial charge in [-0.15, -0.1) is 0 Å². The zero-order valence-corrected chi connectivity index (χ0v) is 22.6. The van der Waals surface area contributed by atoms with Gasteiger partial charge < -0.3 is 14.5 Å². The second-order valence-electron chi connectivity index (χ2n) is 10.7. The van der Waals surface area contributed by atoms with Crippen molar-refractivity contribution in [3.8, 4) is 11.8 Å². The predicted molar refractivity (Wildman–Crippen MR) is 144 cm³/mol. The Kier molecular flexibility index (Phi) is 8.48. The van der Waals surface area contributed by atoms with Gasteiger partial charge in [0.2, 0.25) is 0 Å². The third kappa shape index (κ3) is 7.06. The summed E-state index contributed by atoms with van der Waals surface area (Å²) in [4.78, 5) is 12.4. The highest BCUT2D eigenvalue weighted by atomic mass is 19.4. The van der Waals surface area contributed by atoms with E-state index in [1.807, 2.05) is 11.0 Å². The number of ether oxygens (including phenoxy) is 1. The van der Waals surface area contributed by atoms with E-state index in [-0.39, 0.29) is 17.6 Å². The molecule has 222 valence electrons. The van der Waals surface area contributed by atoms with Gasteiger partial charge in [-0.05, 0) is 67.9 Å². The standard InChI is InChI=1S/C30H29F6N5O/c31-29(32,33)23-5-8-28(39-17-23)41-11-9-40(10-12-41)24-15-26(19-38-18-24)42-25-6-2-20(3-7-25)13-21-1-4-22(16-37)27(14-21)30(34,35)36/h1,4-5,8,14-15,17-20,25H,2-3,6-7,9-13H2. The van der Waals surface area contributed by atoms with Gasteiger partial charge in [-0.2, -0.15) is 31.6 Å². The van der Waals surface area contributed by atoms with Gasteiger partial charge in [-0.25, -0.2) is 4.98 Å². The number of piperazine rings is 1. The number of hydrogen-bond donors (Lipinski definition) is 0. The lowest BCUT2D eigenvalue weighted by Crippen LogP contribution is -2.46. The number of benzene rings is 1. The fourth-order valence-electron chi connectivity index (χ4n) is 5.61. The number of rotatable bonds is 6. The molecule has 6 nitrogen and oxygen atoms in total. The molecule has 0 atom stereocenters. The van der Waals surface area contributed by atoms with E-state index in [1.165, 1.54) is 12.1 Å². The summed E-state index contributed by atoms with van der Waals surface area (Å²) in [6.07, 6.45) is -1.03. The Morgan fingerprint density at radius 2 is 1.55 bits per heavy atom. The minimum atomic E-state index is -4.56. The van der Waals surface area contributed by atoms with Gasteiger partial charge in [0.25, 0.3) is 0 Å². The van der Waals surface area contributed by atoms with Crippen molar-refractivity contribution < 1.29 is 31.1 Å². The van der Waals surface area contributed by atoms with Crippen LogP contribution in [0.4, 0.5) is 37.8 Å². The summed E-state index contributed by atoms with van der Waals surface area (Å²) in [5.41, 5.74) is -0.548. The van der Waals surface area contributed by atoms with E-state index >= 15 is 0 Å². The highest BCUT2D eigenvalue weighted by Gasteiger charge is 2.34. The topological polar surface area (TPSA) is 65.3 Å². The van der Waals surface area contributed by atoms with Gasteiger partial charge in [0.05, 0.1) is 46.9 Å². The number of hydrogen-bond acceptors (Lipinski definition) is 6. The Balaban J connectivity index is 1.11. The average Bonchev–Trinajstić information content (AvgIpc) is 2.97. The van der Waals surface area contributed by atoms with Crippen molar-refractivity contribution in [2.24, 2.45) is 5.92 Å². The second kappa shape index (κ2) is 12.1. The molecule has 12 heteroatoms. The van der Waals surface area contributed by atoms with Crippen molar-refractivity contribution in [3.05, 3.63) is 77.2 Å². The monoisotopic (exact) mass is 589 g/mol. The zero-order valence-electron chi connectivity index (χ0n) is 22.6. The van der Waals surface area contributed by atoms with Crippen LogP contribution >= 0.6 is 0 Å². The molecule has 2 fully saturated rings. The lowest BCUT2D eigenvalue weighted by Gasteiger charge is -2.36. The van der Waals surface area contributed by atoms with E-state index in [4.69, 9.17) is 10.00 Å². The Hall–Kier alpha value is -4.01. The molecule has 5 rings (SSSR count). The van der Waals surface area contributed by atoms with E-state index in [2.05, 4.69) is 14.9 Å². The molecule has 0 radical (unpaired) electrons. The Morgan fingerprint density at radius 3 is 2.17 bits per heavy atom. The molecule has 1 saturated heterocycles. The maximum absolute atomic E-state index is 13.3. The van der Waals surface area contributed by atoms with Gasteiger partial charge in [-0.1, -0.05) is 6.07 Å². The number of nitriles is 1. The van der Waals surface area contributed by atoms with Gasteiger partial charge >= 0.3 is 12.4 Å². The van der Waals surface area contributed by atoms with Crippen LogP contribution in [0.1, 0.15) is 47.9 Å². The van der Waals surface area contributed by atoms with Crippen LogP contribution in [0.5, 0.6) is 5.75 Å². The fourth-order valence-corrected chi connectivity index (χ4v) is 5.61. The molecule has 3 heterocycles. The third-order valence-corrected chi connectivity index (χ3v) is 7.87. The largest absolute Gasteiger partial charge is 0.489 e. The minimum absolute atomic E-state index is 0.0207. The Labute approximate surface area is 239 Å². The van der Waals surface area contributed by atoms with E-state index in [0.717, 1.165) is 49.7 Å². The molecular formula is C30H29F6N5O. The molecule has 0 unspecified atom stereocenters. The summed E-state index contributed by atoms with van der Waals surface area (Å²) in [5, 5.41) is 9.01. The number of alkyl halides is 6. The molecule has 1 aliphatic carbocycles. The summed E-state index contributed by atoms with van der Waals surface area (Å²) in [6, 6.07) is 9.94. The van der Waals surface area contributed by atoms with Crippen molar-refractivity contribution in [1.29, 1.82) is 5.26 Å². The Bertz CT molecular complexity index is 1400. The number of nitrogens with zero attached hydrogens (tertiary/aromatic N) is 5. The van der Waals surface area contributed by atoms with Crippen LogP contribution in [0.3, 0.4) is 0 Å². The third-order valence-electron chi connectivity index (χ3n) is 7.87. The van der Waals surface area contributed by atoms with Gasteiger partial charge in [-0.3, -0.25) is 4.98 Å². The van der Waals surface area contributed by atoms with Gasteiger partial charge in [0.15, 0.2) is 0 Å². The molecule has 0 bridgehead atoms. The summed E-state index contributed by atoms with van der Waals surface area (Å²) < 4.78 is 84.7. The smallest absolute Gasteiger partial charge is 0.417 e. The molecule has 1 aliphatic heterocycles. The lowest BCUT2D eigenvalue weighted by molar-refractivity contribution is -0.138. The maximum Gasteiger partial charge on any atom is 0.417 e. The van der Waals surface area contributed by atoms with Crippen LogP contribution < -0.4 is 14.5 Å². The van der Waals surface area contributed by atoms with Crippen molar-refractivity contribution in [3.63, 3.8) is 0 Å². The molecule has 0 N–H and O–H groups in total. The van der Waals surface area contributed by atoms with Crippen LogP contribution in [0.25, 0.3) is 0 Å². The number of pyridine rings is 2. The molecular weight excluding hydrogens is 560 g/mol. The molecule has 42 heavy (non-hydrogen) atoms. The normalized spacial score (nSPS) is 19.8. The first-order chi connectivity index (χ1) is 20.0. The first-order valence-corrected chi connectivity index (χ1v) is 13.7. The van der Waals surface area contributed by atoms with Crippen LogP contribution in [0.2, 0.25) is 0 Å². The minimum Gasteiger partial charge on any atom is -0.489 e. The lowest BCUT2D eigenvalue weighted by atomic mass is 9.83.